The number of benzene rings is 2. The zero-order valence-electron chi connectivity index (χ0n) is 14.7. The smallest absolute Gasteiger partial charge is 0.260 e. The second-order valence-electron chi connectivity index (χ2n) is 5.75. The highest BCUT2D eigenvalue weighted by Gasteiger charge is 2.16. The number of amides is 1. The van der Waals surface area contributed by atoms with Crippen molar-refractivity contribution in [1.82, 2.24) is 19.9 Å². The van der Waals surface area contributed by atoms with Crippen LogP contribution in [0, 0.1) is 0 Å². The predicted octanol–water partition coefficient (Wildman–Crippen LogP) is 3.22. The lowest BCUT2D eigenvalue weighted by Gasteiger charge is -2.08. The lowest BCUT2D eigenvalue weighted by molar-refractivity contribution is 0.102. The molecule has 2 heterocycles. The zero-order chi connectivity index (χ0) is 18.8. The van der Waals surface area contributed by atoms with Gasteiger partial charge in [0, 0.05) is 18.0 Å². The minimum atomic E-state index is -0.291. The molecule has 4 aromatic rings. The van der Waals surface area contributed by atoms with Crippen molar-refractivity contribution in [3.8, 4) is 22.9 Å². The molecule has 8 nitrogen and oxygen atoms in total. The molecule has 2 aromatic carbocycles. The SMILES string of the molecule is COc1ccc(-c2nc3c(C(=O)Nc4ncc[nH]4)cccc3[nH]2)cc1OC. The van der Waals surface area contributed by atoms with Gasteiger partial charge in [-0.05, 0) is 30.3 Å². The number of imidazole rings is 2. The molecular formula is C19H17N5O3. The van der Waals surface area contributed by atoms with E-state index in [4.69, 9.17) is 9.47 Å². The number of aromatic amines is 2. The summed E-state index contributed by atoms with van der Waals surface area (Å²) >= 11 is 0. The van der Waals surface area contributed by atoms with Crippen molar-refractivity contribution in [2.24, 2.45) is 0 Å². The molecule has 1 amide bonds. The summed E-state index contributed by atoms with van der Waals surface area (Å²) < 4.78 is 10.6. The van der Waals surface area contributed by atoms with Crippen molar-refractivity contribution >= 4 is 22.9 Å². The maximum atomic E-state index is 12.6. The maximum Gasteiger partial charge on any atom is 0.260 e. The van der Waals surface area contributed by atoms with Crippen LogP contribution in [0.25, 0.3) is 22.4 Å². The van der Waals surface area contributed by atoms with Gasteiger partial charge in [0.2, 0.25) is 5.95 Å². The van der Waals surface area contributed by atoms with Crippen molar-refractivity contribution < 1.29 is 14.3 Å². The summed E-state index contributed by atoms with van der Waals surface area (Å²) in [6.07, 6.45) is 3.21. The molecule has 136 valence electrons. The number of nitrogens with one attached hydrogen (secondary N) is 3. The third kappa shape index (κ3) is 3.08. The lowest BCUT2D eigenvalue weighted by atomic mass is 10.1. The lowest BCUT2D eigenvalue weighted by Crippen LogP contribution is -2.13. The topological polar surface area (TPSA) is 105 Å². The molecule has 0 saturated heterocycles. The number of fused-ring (bicyclic) bond motifs is 1. The fourth-order valence-electron chi connectivity index (χ4n) is 2.84. The molecule has 0 bridgehead atoms. The van der Waals surface area contributed by atoms with Gasteiger partial charge in [-0.2, -0.15) is 0 Å². The zero-order valence-corrected chi connectivity index (χ0v) is 14.7. The van der Waals surface area contributed by atoms with Crippen molar-refractivity contribution in [3.05, 3.63) is 54.4 Å². The summed E-state index contributed by atoms with van der Waals surface area (Å²) in [6, 6.07) is 10.9. The first-order valence-electron chi connectivity index (χ1n) is 8.21. The second kappa shape index (κ2) is 6.83. The van der Waals surface area contributed by atoms with Crippen molar-refractivity contribution in [3.63, 3.8) is 0 Å². The standard InChI is InChI=1S/C19H17N5O3/c1-26-14-7-6-11(10-15(14)27-2)17-22-13-5-3-4-12(16(13)23-17)18(25)24-19-20-8-9-21-19/h3-10H,1-2H3,(H,22,23)(H2,20,21,24,25). The highest BCUT2D eigenvalue weighted by molar-refractivity contribution is 6.11. The number of methoxy groups -OCH3 is 2. The Morgan fingerprint density at radius 2 is 1.96 bits per heavy atom. The van der Waals surface area contributed by atoms with Crippen LogP contribution < -0.4 is 14.8 Å². The number of hydrogen-bond donors (Lipinski definition) is 3. The first kappa shape index (κ1) is 16.6. The van der Waals surface area contributed by atoms with Gasteiger partial charge < -0.3 is 19.4 Å². The van der Waals surface area contributed by atoms with Gasteiger partial charge in [0.25, 0.3) is 5.91 Å². The van der Waals surface area contributed by atoms with Crippen LogP contribution in [-0.4, -0.2) is 40.1 Å². The minimum Gasteiger partial charge on any atom is -0.493 e. The molecule has 0 atom stereocenters. The Hall–Kier alpha value is -3.81. The molecule has 0 aliphatic heterocycles. The number of rotatable bonds is 5. The molecule has 8 heteroatoms. The Bertz CT molecular complexity index is 1100. The average Bonchev–Trinajstić information content (AvgIpc) is 3.36. The van der Waals surface area contributed by atoms with Gasteiger partial charge in [0.05, 0.1) is 25.3 Å². The molecule has 0 spiro atoms. The molecule has 0 aliphatic carbocycles. The normalized spacial score (nSPS) is 10.7. The van der Waals surface area contributed by atoms with E-state index in [0.29, 0.717) is 34.4 Å². The summed E-state index contributed by atoms with van der Waals surface area (Å²) in [5, 5.41) is 2.72. The first-order chi connectivity index (χ1) is 13.2. The van der Waals surface area contributed by atoms with Gasteiger partial charge in [-0.15, -0.1) is 0 Å². The summed E-state index contributed by atoms with van der Waals surface area (Å²) in [7, 11) is 3.17. The van der Waals surface area contributed by atoms with Crippen LogP contribution in [0.4, 0.5) is 5.95 Å². The number of ether oxygens (including phenoxy) is 2. The highest BCUT2D eigenvalue weighted by Crippen LogP contribution is 2.32. The number of anilines is 1. The molecule has 0 radical (unpaired) electrons. The van der Waals surface area contributed by atoms with E-state index >= 15 is 0 Å². The van der Waals surface area contributed by atoms with E-state index < -0.39 is 0 Å². The highest BCUT2D eigenvalue weighted by atomic mass is 16.5. The Labute approximate surface area is 154 Å². The summed E-state index contributed by atoms with van der Waals surface area (Å²) in [5.41, 5.74) is 2.60. The van der Waals surface area contributed by atoms with E-state index in [1.165, 1.54) is 0 Å². The van der Waals surface area contributed by atoms with Gasteiger partial charge in [-0.25, -0.2) is 9.97 Å². The average molecular weight is 363 g/mol. The summed E-state index contributed by atoms with van der Waals surface area (Å²) in [5.74, 6) is 1.96. The summed E-state index contributed by atoms with van der Waals surface area (Å²) in [6.45, 7) is 0. The number of carbonyl (C=O) groups excluding carboxylic acids is 1. The van der Waals surface area contributed by atoms with Crippen molar-refractivity contribution in [1.29, 1.82) is 0 Å². The van der Waals surface area contributed by atoms with Crippen LogP contribution >= 0.6 is 0 Å². The largest absolute Gasteiger partial charge is 0.493 e. The van der Waals surface area contributed by atoms with Gasteiger partial charge >= 0.3 is 0 Å². The van der Waals surface area contributed by atoms with Crippen LogP contribution in [0.3, 0.4) is 0 Å². The third-order valence-corrected chi connectivity index (χ3v) is 4.14. The Balaban J connectivity index is 1.74. The molecule has 4 rings (SSSR count). The quantitative estimate of drug-likeness (QED) is 0.505. The Kier molecular flexibility index (Phi) is 4.21. The Morgan fingerprint density at radius 1 is 1.11 bits per heavy atom. The number of H-pyrrole nitrogens is 2. The third-order valence-electron chi connectivity index (χ3n) is 4.14. The van der Waals surface area contributed by atoms with E-state index in [-0.39, 0.29) is 5.91 Å². The molecule has 0 unspecified atom stereocenters. The number of para-hydroxylation sites is 1. The van der Waals surface area contributed by atoms with E-state index in [1.807, 2.05) is 24.3 Å². The van der Waals surface area contributed by atoms with E-state index in [0.717, 1.165) is 11.1 Å². The number of nitrogens with zero attached hydrogens (tertiary/aromatic N) is 2. The van der Waals surface area contributed by atoms with Gasteiger partial charge in [-0.3, -0.25) is 10.1 Å². The fraction of sp³-hybridized carbons (Fsp3) is 0.105. The van der Waals surface area contributed by atoms with Crippen LogP contribution in [0.1, 0.15) is 10.4 Å². The van der Waals surface area contributed by atoms with Crippen molar-refractivity contribution in [2.75, 3.05) is 19.5 Å². The second-order valence-corrected chi connectivity index (χ2v) is 5.75. The van der Waals surface area contributed by atoms with Crippen LogP contribution in [0.2, 0.25) is 0 Å². The Morgan fingerprint density at radius 3 is 2.70 bits per heavy atom. The van der Waals surface area contributed by atoms with Gasteiger partial charge in [-0.1, -0.05) is 6.07 Å². The van der Waals surface area contributed by atoms with Crippen LogP contribution in [-0.2, 0) is 0 Å². The van der Waals surface area contributed by atoms with E-state index in [1.54, 1.807) is 38.7 Å². The maximum absolute atomic E-state index is 12.6. The number of aromatic nitrogens is 4. The first-order valence-corrected chi connectivity index (χ1v) is 8.21. The van der Waals surface area contributed by atoms with Crippen LogP contribution in [0.15, 0.2) is 48.8 Å². The molecule has 3 N–H and O–H groups in total. The van der Waals surface area contributed by atoms with Crippen molar-refractivity contribution in [2.45, 2.75) is 0 Å². The van der Waals surface area contributed by atoms with Gasteiger partial charge in [0.15, 0.2) is 11.5 Å². The van der Waals surface area contributed by atoms with E-state index in [2.05, 4.69) is 25.3 Å². The number of hydrogen-bond acceptors (Lipinski definition) is 5. The van der Waals surface area contributed by atoms with E-state index in [9.17, 15) is 4.79 Å². The molecule has 27 heavy (non-hydrogen) atoms. The molecule has 0 aliphatic rings. The minimum absolute atomic E-state index is 0.291. The van der Waals surface area contributed by atoms with Gasteiger partial charge in [0.1, 0.15) is 11.3 Å². The monoisotopic (exact) mass is 363 g/mol. The van der Waals surface area contributed by atoms with Crippen LogP contribution in [0.5, 0.6) is 11.5 Å². The number of carbonyl (C=O) groups is 1. The molecule has 2 aromatic heterocycles. The molecule has 0 fully saturated rings. The summed E-state index contributed by atoms with van der Waals surface area (Å²) in [4.78, 5) is 27.3. The fourth-order valence-corrected chi connectivity index (χ4v) is 2.84. The molecular weight excluding hydrogens is 346 g/mol. The predicted molar refractivity (Wildman–Crippen MR) is 101 cm³/mol. The molecule has 0 saturated carbocycles.